The standard InChI is InChI=1S/C10H11N3OS2/c1-7(14)13-9(16-10(12-13)15-2)8-3-5-11-6-4-8/h3-6,9H,1-2H3. The van der Waals surface area contributed by atoms with Crippen LogP contribution in [0.3, 0.4) is 0 Å². The van der Waals surface area contributed by atoms with E-state index in [1.807, 2.05) is 18.4 Å². The van der Waals surface area contributed by atoms with Crippen molar-refractivity contribution < 1.29 is 4.79 Å². The van der Waals surface area contributed by atoms with E-state index < -0.39 is 0 Å². The van der Waals surface area contributed by atoms with Crippen molar-refractivity contribution in [3.05, 3.63) is 30.1 Å². The number of carbonyl (C=O) groups excluding carboxylic acids is 1. The highest BCUT2D eigenvalue weighted by Gasteiger charge is 2.31. The van der Waals surface area contributed by atoms with Crippen LogP contribution in [-0.2, 0) is 4.79 Å². The number of hydrazone groups is 1. The number of thioether (sulfide) groups is 2. The lowest BCUT2D eigenvalue weighted by Gasteiger charge is -2.18. The van der Waals surface area contributed by atoms with Gasteiger partial charge in [-0.15, -0.1) is 11.8 Å². The maximum Gasteiger partial charge on any atom is 0.240 e. The largest absolute Gasteiger partial charge is 0.273 e. The smallest absolute Gasteiger partial charge is 0.240 e. The summed E-state index contributed by atoms with van der Waals surface area (Å²) in [6.07, 6.45) is 5.41. The second kappa shape index (κ2) is 4.88. The highest BCUT2D eigenvalue weighted by Crippen LogP contribution is 2.41. The van der Waals surface area contributed by atoms with Gasteiger partial charge in [0.25, 0.3) is 0 Å². The van der Waals surface area contributed by atoms with Crippen molar-refractivity contribution in [2.45, 2.75) is 12.3 Å². The molecule has 2 heterocycles. The normalized spacial score (nSPS) is 19.8. The van der Waals surface area contributed by atoms with Crippen LogP contribution in [0.15, 0.2) is 29.6 Å². The highest BCUT2D eigenvalue weighted by atomic mass is 32.2. The summed E-state index contributed by atoms with van der Waals surface area (Å²) in [5.74, 6) is -0.0432. The van der Waals surface area contributed by atoms with Gasteiger partial charge in [-0.2, -0.15) is 5.10 Å². The zero-order chi connectivity index (χ0) is 11.5. The molecule has 6 heteroatoms. The van der Waals surface area contributed by atoms with E-state index in [4.69, 9.17) is 0 Å². The van der Waals surface area contributed by atoms with E-state index in [1.165, 1.54) is 11.9 Å². The van der Waals surface area contributed by atoms with Crippen LogP contribution in [-0.4, -0.2) is 26.5 Å². The third kappa shape index (κ3) is 2.22. The third-order valence-electron chi connectivity index (χ3n) is 2.11. The van der Waals surface area contributed by atoms with Crippen LogP contribution in [0.5, 0.6) is 0 Å². The number of nitrogens with zero attached hydrogens (tertiary/aromatic N) is 3. The molecule has 4 nitrogen and oxygen atoms in total. The fourth-order valence-corrected chi connectivity index (χ4v) is 3.11. The monoisotopic (exact) mass is 253 g/mol. The van der Waals surface area contributed by atoms with Gasteiger partial charge in [-0.05, 0) is 24.0 Å². The Bertz CT molecular complexity index is 421. The van der Waals surface area contributed by atoms with Crippen LogP contribution in [0.4, 0.5) is 0 Å². The molecule has 1 aliphatic heterocycles. The topological polar surface area (TPSA) is 45.6 Å². The van der Waals surface area contributed by atoms with Gasteiger partial charge in [-0.25, -0.2) is 5.01 Å². The number of hydrogen-bond donors (Lipinski definition) is 0. The zero-order valence-electron chi connectivity index (χ0n) is 8.95. The first-order valence-electron chi connectivity index (χ1n) is 4.71. The Morgan fingerprint density at radius 1 is 1.50 bits per heavy atom. The van der Waals surface area contributed by atoms with Gasteiger partial charge in [0, 0.05) is 19.3 Å². The predicted molar refractivity (Wildman–Crippen MR) is 68.0 cm³/mol. The van der Waals surface area contributed by atoms with Crippen molar-refractivity contribution in [2.24, 2.45) is 5.10 Å². The van der Waals surface area contributed by atoms with Gasteiger partial charge in [-0.3, -0.25) is 9.78 Å². The zero-order valence-corrected chi connectivity index (χ0v) is 10.6. The quantitative estimate of drug-likeness (QED) is 0.770. The molecule has 1 unspecified atom stereocenters. The Hall–Kier alpha value is -1.01. The highest BCUT2D eigenvalue weighted by molar-refractivity contribution is 8.38. The van der Waals surface area contributed by atoms with E-state index >= 15 is 0 Å². The summed E-state index contributed by atoms with van der Waals surface area (Å²) in [6.45, 7) is 1.53. The van der Waals surface area contributed by atoms with Gasteiger partial charge >= 0.3 is 0 Å². The van der Waals surface area contributed by atoms with Crippen LogP contribution >= 0.6 is 23.5 Å². The van der Waals surface area contributed by atoms with Crippen LogP contribution in [0.25, 0.3) is 0 Å². The maximum atomic E-state index is 11.5. The average Bonchev–Trinajstić information content (AvgIpc) is 2.74. The van der Waals surface area contributed by atoms with Crippen molar-refractivity contribution in [2.75, 3.05) is 6.26 Å². The molecule has 1 aromatic heterocycles. The fraction of sp³-hybridized carbons (Fsp3) is 0.300. The first-order chi connectivity index (χ1) is 7.72. The van der Waals surface area contributed by atoms with Crippen molar-refractivity contribution in [1.29, 1.82) is 0 Å². The number of carbonyl (C=O) groups is 1. The van der Waals surface area contributed by atoms with Gasteiger partial charge < -0.3 is 0 Å². The summed E-state index contributed by atoms with van der Waals surface area (Å²) in [7, 11) is 0. The minimum absolute atomic E-state index is 0.0432. The van der Waals surface area contributed by atoms with Gasteiger partial charge in [0.15, 0.2) is 4.38 Å². The van der Waals surface area contributed by atoms with Crippen LogP contribution in [0, 0.1) is 0 Å². The fourth-order valence-electron chi connectivity index (χ4n) is 1.37. The number of aromatic nitrogens is 1. The lowest BCUT2D eigenvalue weighted by atomic mass is 10.2. The molecule has 0 bridgehead atoms. The molecule has 84 valence electrons. The molecule has 0 fully saturated rings. The maximum absolute atomic E-state index is 11.5. The molecule has 2 rings (SSSR count). The predicted octanol–water partition coefficient (Wildman–Crippen LogP) is 2.31. The number of amides is 1. The first kappa shape index (κ1) is 11.5. The Labute approximate surface area is 103 Å². The summed E-state index contributed by atoms with van der Waals surface area (Å²) >= 11 is 3.15. The van der Waals surface area contributed by atoms with E-state index in [0.29, 0.717) is 0 Å². The molecule has 1 amide bonds. The van der Waals surface area contributed by atoms with Gasteiger partial charge in [0.1, 0.15) is 5.37 Å². The minimum Gasteiger partial charge on any atom is -0.273 e. The van der Waals surface area contributed by atoms with Crippen LogP contribution < -0.4 is 0 Å². The number of rotatable bonds is 1. The molecule has 16 heavy (non-hydrogen) atoms. The lowest BCUT2D eigenvalue weighted by Crippen LogP contribution is -2.22. The Morgan fingerprint density at radius 3 is 2.75 bits per heavy atom. The third-order valence-corrected chi connectivity index (χ3v) is 4.31. The Morgan fingerprint density at radius 2 is 2.19 bits per heavy atom. The van der Waals surface area contributed by atoms with Crippen LogP contribution in [0.1, 0.15) is 17.9 Å². The summed E-state index contributed by atoms with van der Waals surface area (Å²) in [5, 5.41) is 5.74. The number of hydrogen-bond acceptors (Lipinski definition) is 5. The second-order valence-electron chi connectivity index (χ2n) is 3.18. The molecule has 0 radical (unpaired) electrons. The van der Waals surface area contributed by atoms with E-state index in [2.05, 4.69) is 10.1 Å². The molecule has 0 aromatic carbocycles. The number of pyridine rings is 1. The molecule has 0 saturated carbocycles. The summed E-state index contributed by atoms with van der Waals surface area (Å²) < 4.78 is 0.914. The van der Waals surface area contributed by atoms with Crippen molar-refractivity contribution in [1.82, 2.24) is 9.99 Å². The molecule has 1 atom stereocenters. The van der Waals surface area contributed by atoms with E-state index in [9.17, 15) is 4.79 Å². The summed E-state index contributed by atoms with van der Waals surface area (Å²) in [5.41, 5.74) is 1.04. The van der Waals surface area contributed by atoms with Gasteiger partial charge in [0.2, 0.25) is 5.91 Å². The summed E-state index contributed by atoms with van der Waals surface area (Å²) in [4.78, 5) is 15.4. The molecule has 0 N–H and O–H groups in total. The SMILES string of the molecule is CSC1=NN(C(C)=O)C(c2ccncc2)S1. The van der Waals surface area contributed by atoms with Crippen LogP contribution in [0.2, 0.25) is 0 Å². The molecular weight excluding hydrogens is 242 g/mol. The molecule has 1 aromatic rings. The van der Waals surface area contributed by atoms with Crippen molar-refractivity contribution in [3.63, 3.8) is 0 Å². The average molecular weight is 253 g/mol. The Kier molecular flexibility index (Phi) is 3.50. The second-order valence-corrected chi connectivity index (χ2v) is 5.31. The van der Waals surface area contributed by atoms with Gasteiger partial charge in [-0.1, -0.05) is 11.8 Å². The Balaban J connectivity index is 2.27. The van der Waals surface area contributed by atoms with Gasteiger partial charge in [0.05, 0.1) is 0 Å². The molecule has 0 aliphatic carbocycles. The minimum atomic E-state index is -0.0528. The van der Waals surface area contributed by atoms with Crippen molar-refractivity contribution in [3.8, 4) is 0 Å². The lowest BCUT2D eigenvalue weighted by molar-refractivity contribution is -0.129. The first-order valence-corrected chi connectivity index (χ1v) is 6.82. The van der Waals surface area contributed by atoms with E-state index in [0.717, 1.165) is 9.94 Å². The molecule has 1 aliphatic rings. The van der Waals surface area contributed by atoms with E-state index in [1.54, 1.807) is 35.9 Å². The molecular formula is C10H11N3OS2. The van der Waals surface area contributed by atoms with E-state index in [-0.39, 0.29) is 11.3 Å². The summed E-state index contributed by atoms with van der Waals surface area (Å²) in [6, 6.07) is 3.82. The molecule has 0 saturated heterocycles. The van der Waals surface area contributed by atoms with Crippen molar-refractivity contribution >= 4 is 33.8 Å². The molecule has 0 spiro atoms.